The van der Waals surface area contributed by atoms with Crippen LogP contribution in [0.2, 0.25) is 0 Å². The van der Waals surface area contributed by atoms with E-state index in [4.69, 9.17) is 4.74 Å². The number of benzene rings is 1. The lowest BCUT2D eigenvalue weighted by molar-refractivity contribution is 0.0746. The molecule has 0 N–H and O–H groups in total. The van der Waals surface area contributed by atoms with Crippen molar-refractivity contribution in [3.05, 3.63) is 52.6 Å². The second-order valence-corrected chi connectivity index (χ2v) is 6.17. The number of hydrogen-bond acceptors (Lipinski definition) is 4. The van der Waals surface area contributed by atoms with Gasteiger partial charge in [-0.3, -0.25) is 4.79 Å². The van der Waals surface area contributed by atoms with Crippen LogP contribution in [0.25, 0.3) is 0 Å². The van der Waals surface area contributed by atoms with Gasteiger partial charge >= 0.3 is 0 Å². The molecule has 0 atom stereocenters. The maximum absolute atomic E-state index is 12.6. The molecular weight excluding hydrogens is 358 g/mol. The predicted molar refractivity (Wildman–Crippen MR) is 93.0 cm³/mol. The van der Waals surface area contributed by atoms with Crippen molar-refractivity contribution in [2.75, 3.05) is 38.2 Å². The van der Waals surface area contributed by atoms with Crippen molar-refractivity contribution in [1.29, 1.82) is 0 Å². The number of ether oxygens (including phenoxy) is 1. The van der Waals surface area contributed by atoms with Gasteiger partial charge in [0.05, 0.1) is 11.6 Å². The SMILES string of the molecule is COc1ccc(C(=O)N2CCN(c3ccccn3)CC2)cc1Br. The number of halogens is 1. The van der Waals surface area contributed by atoms with Crippen LogP contribution < -0.4 is 9.64 Å². The summed E-state index contributed by atoms with van der Waals surface area (Å²) in [7, 11) is 1.61. The van der Waals surface area contributed by atoms with Crippen LogP contribution in [0.5, 0.6) is 5.75 Å². The van der Waals surface area contributed by atoms with Crippen LogP contribution in [-0.2, 0) is 0 Å². The number of aromatic nitrogens is 1. The Balaban J connectivity index is 1.65. The zero-order valence-electron chi connectivity index (χ0n) is 12.9. The highest BCUT2D eigenvalue weighted by Crippen LogP contribution is 2.26. The number of methoxy groups -OCH3 is 1. The summed E-state index contributed by atoms with van der Waals surface area (Å²) < 4.78 is 5.99. The van der Waals surface area contributed by atoms with Crippen LogP contribution in [0.3, 0.4) is 0 Å². The van der Waals surface area contributed by atoms with Gasteiger partial charge in [-0.15, -0.1) is 0 Å². The Morgan fingerprint density at radius 2 is 1.96 bits per heavy atom. The van der Waals surface area contributed by atoms with Gasteiger partial charge in [0.2, 0.25) is 0 Å². The van der Waals surface area contributed by atoms with E-state index in [1.165, 1.54) is 0 Å². The summed E-state index contributed by atoms with van der Waals surface area (Å²) in [6, 6.07) is 11.3. The normalized spacial score (nSPS) is 14.7. The van der Waals surface area contributed by atoms with E-state index in [-0.39, 0.29) is 5.91 Å². The lowest BCUT2D eigenvalue weighted by Gasteiger charge is -2.35. The topological polar surface area (TPSA) is 45.7 Å². The fraction of sp³-hybridized carbons (Fsp3) is 0.294. The minimum Gasteiger partial charge on any atom is -0.496 e. The van der Waals surface area contributed by atoms with Gasteiger partial charge in [0.15, 0.2) is 0 Å². The van der Waals surface area contributed by atoms with Gasteiger partial charge in [0.25, 0.3) is 5.91 Å². The molecule has 1 aliphatic rings. The summed E-state index contributed by atoms with van der Waals surface area (Å²) in [6.45, 7) is 2.97. The molecule has 1 amide bonds. The Bertz CT molecular complexity index is 685. The van der Waals surface area contributed by atoms with E-state index in [1.807, 2.05) is 35.2 Å². The molecule has 2 aromatic rings. The molecule has 0 bridgehead atoms. The fourth-order valence-electron chi connectivity index (χ4n) is 2.66. The molecule has 1 aliphatic heterocycles. The van der Waals surface area contributed by atoms with Crippen LogP contribution in [0, 0.1) is 0 Å². The molecule has 1 aromatic carbocycles. The molecule has 0 spiro atoms. The highest BCUT2D eigenvalue weighted by atomic mass is 79.9. The molecule has 1 saturated heterocycles. The molecule has 2 heterocycles. The first kappa shape index (κ1) is 15.8. The summed E-state index contributed by atoms with van der Waals surface area (Å²) in [6.07, 6.45) is 1.79. The molecule has 120 valence electrons. The molecule has 6 heteroatoms. The second-order valence-electron chi connectivity index (χ2n) is 5.32. The predicted octanol–water partition coefficient (Wildman–Crippen LogP) is 2.82. The molecule has 1 aromatic heterocycles. The summed E-state index contributed by atoms with van der Waals surface area (Å²) >= 11 is 3.43. The third kappa shape index (κ3) is 3.47. The number of carbonyl (C=O) groups excluding carboxylic acids is 1. The first-order valence-corrected chi connectivity index (χ1v) is 8.27. The molecular formula is C17H18BrN3O2. The lowest BCUT2D eigenvalue weighted by atomic mass is 10.1. The molecule has 5 nitrogen and oxygen atoms in total. The number of anilines is 1. The molecule has 3 rings (SSSR count). The standard InChI is InChI=1S/C17H18BrN3O2/c1-23-15-6-5-13(12-14(15)18)17(22)21-10-8-20(9-11-21)16-4-2-3-7-19-16/h2-7,12H,8-11H2,1H3. The number of amides is 1. The Labute approximate surface area is 144 Å². The average molecular weight is 376 g/mol. The van der Waals surface area contributed by atoms with E-state index in [2.05, 4.69) is 25.8 Å². The monoisotopic (exact) mass is 375 g/mol. The fourth-order valence-corrected chi connectivity index (χ4v) is 3.20. The minimum absolute atomic E-state index is 0.0500. The second kappa shape index (κ2) is 7.00. The molecule has 23 heavy (non-hydrogen) atoms. The molecule has 0 aliphatic carbocycles. The Morgan fingerprint density at radius 3 is 2.57 bits per heavy atom. The molecule has 0 unspecified atom stereocenters. The van der Waals surface area contributed by atoms with Crippen molar-refractivity contribution in [2.45, 2.75) is 0 Å². The van der Waals surface area contributed by atoms with Crippen molar-refractivity contribution in [3.8, 4) is 5.75 Å². The van der Waals surface area contributed by atoms with E-state index in [1.54, 1.807) is 19.4 Å². The van der Waals surface area contributed by atoms with Crippen molar-refractivity contribution >= 4 is 27.7 Å². The van der Waals surface area contributed by atoms with Gasteiger partial charge in [-0.2, -0.15) is 0 Å². The number of piperazine rings is 1. The number of carbonyl (C=O) groups is 1. The lowest BCUT2D eigenvalue weighted by Crippen LogP contribution is -2.49. The van der Waals surface area contributed by atoms with Gasteiger partial charge in [-0.1, -0.05) is 6.07 Å². The van der Waals surface area contributed by atoms with Crippen LogP contribution in [-0.4, -0.2) is 49.1 Å². The highest BCUT2D eigenvalue weighted by Gasteiger charge is 2.23. The van der Waals surface area contributed by atoms with E-state index in [9.17, 15) is 4.79 Å². The van der Waals surface area contributed by atoms with Crippen molar-refractivity contribution < 1.29 is 9.53 Å². The van der Waals surface area contributed by atoms with Gasteiger partial charge < -0.3 is 14.5 Å². The zero-order chi connectivity index (χ0) is 16.2. The summed E-state index contributed by atoms with van der Waals surface area (Å²) in [5.74, 6) is 1.74. The van der Waals surface area contributed by atoms with Crippen molar-refractivity contribution in [2.24, 2.45) is 0 Å². The third-order valence-electron chi connectivity index (χ3n) is 3.94. The van der Waals surface area contributed by atoms with Crippen LogP contribution in [0.1, 0.15) is 10.4 Å². The smallest absolute Gasteiger partial charge is 0.254 e. The number of pyridine rings is 1. The third-order valence-corrected chi connectivity index (χ3v) is 4.56. The van der Waals surface area contributed by atoms with Crippen LogP contribution in [0.4, 0.5) is 5.82 Å². The minimum atomic E-state index is 0.0500. The van der Waals surface area contributed by atoms with Gasteiger partial charge in [0.1, 0.15) is 11.6 Å². The molecule has 0 radical (unpaired) electrons. The first-order valence-electron chi connectivity index (χ1n) is 7.48. The number of hydrogen-bond donors (Lipinski definition) is 0. The molecule has 0 saturated carbocycles. The summed E-state index contributed by atoms with van der Waals surface area (Å²) in [5, 5.41) is 0. The van der Waals surface area contributed by atoms with E-state index in [0.29, 0.717) is 18.7 Å². The first-order chi connectivity index (χ1) is 11.2. The Morgan fingerprint density at radius 1 is 1.17 bits per heavy atom. The summed E-state index contributed by atoms with van der Waals surface area (Å²) in [5.41, 5.74) is 0.670. The molecule has 1 fully saturated rings. The summed E-state index contributed by atoms with van der Waals surface area (Å²) in [4.78, 5) is 21.1. The number of rotatable bonds is 3. The van der Waals surface area contributed by atoms with E-state index < -0.39 is 0 Å². The Kier molecular flexibility index (Phi) is 4.81. The van der Waals surface area contributed by atoms with Crippen LogP contribution in [0.15, 0.2) is 47.1 Å². The Hall–Kier alpha value is -2.08. The average Bonchev–Trinajstić information content (AvgIpc) is 2.62. The quantitative estimate of drug-likeness (QED) is 0.827. The van der Waals surface area contributed by atoms with Gasteiger partial charge in [0, 0.05) is 37.9 Å². The van der Waals surface area contributed by atoms with E-state index >= 15 is 0 Å². The zero-order valence-corrected chi connectivity index (χ0v) is 14.5. The van der Waals surface area contributed by atoms with Crippen molar-refractivity contribution in [3.63, 3.8) is 0 Å². The van der Waals surface area contributed by atoms with Crippen molar-refractivity contribution in [1.82, 2.24) is 9.88 Å². The maximum Gasteiger partial charge on any atom is 0.254 e. The van der Waals surface area contributed by atoms with Crippen LogP contribution >= 0.6 is 15.9 Å². The van der Waals surface area contributed by atoms with Gasteiger partial charge in [-0.25, -0.2) is 4.98 Å². The van der Waals surface area contributed by atoms with Gasteiger partial charge in [-0.05, 0) is 46.3 Å². The highest BCUT2D eigenvalue weighted by molar-refractivity contribution is 9.10. The largest absolute Gasteiger partial charge is 0.496 e. The van der Waals surface area contributed by atoms with E-state index in [0.717, 1.165) is 29.1 Å². The number of nitrogens with zero attached hydrogens (tertiary/aromatic N) is 3. The maximum atomic E-state index is 12.6.